The lowest BCUT2D eigenvalue weighted by molar-refractivity contribution is -0.129. The van der Waals surface area contributed by atoms with Gasteiger partial charge in [0.2, 0.25) is 5.91 Å². The number of aromatic nitrogens is 2. The maximum atomic E-state index is 12.0. The number of nitrogens with one attached hydrogen (secondary N) is 1. The first kappa shape index (κ1) is 12.7. The first-order chi connectivity index (χ1) is 9.33. The van der Waals surface area contributed by atoms with Gasteiger partial charge in [0.25, 0.3) is 0 Å². The lowest BCUT2D eigenvalue weighted by Gasteiger charge is -2.25. The molecule has 104 valence electrons. The summed E-state index contributed by atoms with van der Waals surface area (Å²) < 4.78 is 7.56. The number of ether oxygens (including phenoxy) is 1. The van der Waals surface area contributed by atoms with Crippen LogP contribution in [-0.2, 0) is 22.5 Å². The van der Waals surface area contributed by atoms with Crippen molar-refractivity contribution in [3.63, 3.8) is 0 Å². The quantitative estimate of drug-likeness (QED) is 0.884. The van der Waals surface area contributed by atoms with Gasteiger partial charge in [-0.25, -0.2) is 4.98 Å². The van der Waals surface area contributed by atoms with Gasteiger partial charge in [0.05, 0.1) is 12.5 Å². The molecular formula is C14H21N3O2. The van der Waals surface area contributed by atoms with E-state index in [-0.39, 0.29) is 11.8 Å². The number of hydrogen-bond donors (Lipinski definition) is 1. The second-order valence-electron chi connectivity index (χ2n) is 5.55. The topological polar surface area (TPSA) is 56.2 Å². The Balaban J connectivity index is 1.46. The minimum atomic E-state index is 0.0549. The van der Waals surface area contributed by atoms with Crippen molar-refractivity contribution in [1.29, 1.82) is 0 Å². The number of carbonyl (C=O) groups is 1. The van der Waals surface area contributed by atoms with Crippen molar-refractivity contribution in [3.05, 3.63) is 18.2 Å². The zero-order valence-electron chi connectivity index (χ0n) is 11.2. The van der Waals surface area contributed by atoms with Crippen LogP contribution in [0.3, 0.4) is 0 Å². The van der Waals surface area contributed by atoms with Gasteiger partial charge in [-0.15, -0.1) is 0 Å². The van der Waals surface area contributed by atoms with Gasteiger partial charge in [-0.3, -0.25) is 4.79 Å². The molecule has 1 N–H and O–H groups in total. The minimum absolute atomic E-state index is 0.0549. The number of aryl methyl sites for hydroxylation is 1. The lowest BCUT2D eigenvalue weighted by Crippen LogP contribution is -2.39. The predicted molar refractivity (Wildman–Crippen MR) is 70.6 cm³/mol. The van der Waals surface area contributed by atoms with Crippen LogP contribution in [0.4, 0.5) is 0 Å². The Morgan fingerprint density at radius 2 is 2.47 bits per heavy atom. The highest BCUT2D eigenvalue weighted by atomic mass is 16.5. The van der Waals surface area contributed by atoms with Gasteiger partial charge in [0.15, 0.2) is 0 Å². The van der Waals surface area contributed by atoms with E-state index in [0.29, 0.717) is 12.5 Å². The van der Waals surface area contributed by atoms with Gasteiger partial charge in [0.1, 0.15) is 5.82 Å². The van der Waals surface area contributed by atoms with E-state index in [0.717, 1.165) is 51.2 Å². The molecule has 2 atom stereocenters. The van der Waals surface area contributed by atoms with Crippen LogP contribution in [0.2, 0.25) is 0 Å². The van der Waals surface area contributed by atoms with Crippen molar-refractivity contribution in [3.8, 4) is 0 Å². The van der Waals surface area contributed by atoms with Gasteiger partial charge in [-0.05, 0) is 25.2 Å². The highest BCUT2D eigenvalue weighted by molar-refractivity contribution is 5.78. The number of nitrogens with zero attached hydrogens (tertiary/aromatic N) is 2. The molecule has 2 aliphatic heterocycles. The summed E-state index contributed by atoms with van der Waals surface area (Å²) in [4.78, 5) is 16.4. The molecule has 0 saturated carbocycles. The fourth-order valence-electron chi connectivity index (χ4n) is 2.93. The van der Waals surface area contributed by atoms with E-state index in [9.17, 15) is 4.79 Å². The van der Waals surface area contributed by atoms with E-state index >= 15 is 0 Å². The molecule has 1 saturated heterocycles. The van der Waals surface area contributed by atoms with E-state index in [1.54, 1.807) is 0 Å². The molecule has 2 aliphatic rings. The summed E-state index contributed by atoms with van der Waals surface area (Å²) in [6.07, 6.45) is 7.93. The third-order valence-corrected chi connectivity index (χ3v) is 4.15. The fraction of sp³-hybridized carbons (Fsp3) is 0.714. The summed E-state index contributed by atoms with van der Waals surface area (Å²) in [6, 6.07) is 0. The molecule has 1 aromatic heterocycles. The average Bonchev–Trinajstić information content (AvgIpc) is 2.93. The Labute approximate surface area is 113 Å². The van der Waals surface area contributed by atoms with Crippen LogP contribution in [0, 0.1) is 11.8 Å². The third-order valence-electron chi connectivity index (χ3n) is 4.15. The molecule has 2 unspecified atom stereocenters. The number of rotatable bonds is 3. The second kappa shape index (κ2) is 5.74. The molecule has 1 amide bonds. The molecule has 5 nitrogen and oxygen atoms in total. The number of fused-ring (bicyclic) bond motifs is 1. The molecule has 0 spiro atoms. The van der Waals surface area contributed by atoms with Crippen molar-refractivity contribution in [1.82, 2.24) is 14.9 Å². The molecular weight excluding hydrogens is 242 g/mol. The molecule has 5 heteroatoms. The largest absolute Gasteiger partial charge is 0.381 e. The van der Waals surface area contributed by atoms with Gasteiger partial charge in [0, 0.05) is 38.5 Å². The zero-order chi connectivity index (χ0) is 13.1. The summed E-state index contributed by atoms with van der Waals surface area (Å²) in [7, 11) is 0. The lowest BCUT2D eigenvalue weighted by atomic mass is 9.96. The normalized spacial score (nSPS) is 26.7. The Morgan fingerprint density at radius 3 is 3.32 bits per heavy atom. The maximum absolute atomic E-state index is 12.0. The van der Waals surface area contributed by atoms with Gasteiger partial charge >= 0.3 is 0 Å². The van der Waals surface area contributed by atoms with Gasteiger partial charge < -0.3 is 14.6 Å². The monoisotopic (exact) mass is 263 g/mol. The van der Waals surface area contributed by atoms with E-state index in [4.69, 9.17) is 4.74 Å². The molecule has 0 aromatic carbocycles. The Morgan fingerprint density at radius 1 is 1.53 bits per heavy atom. The minimum Gasteiger partial charge on any atom is -0.381 e. The van der Waals surface area contributed by atoms with E-state index in [1.807, 2.05) is 12.4 Å². The van der Waals surface area contributed by atoms with Crippen LogP contribution in [0.1, 0.15) is 25.1 Å². The highest BCUT2D eigenvalue weighted by Crippen LogP contribution is 2.19. The van der Waals surface area contributed by atoms with Crippen LogP contribution >= 0.6 is 0 Å². The predicted octanol–water partition coefficient (Wildman–Crippen LogP) is 0.988. The van der Waals surface area contributed by atoms with Crippen LogP contribution in [0.5, 0.6) is 0 Å². The van der Waals surface area contributed by atoms with Gasteiger partial charge in [-0.2, -0.15) is 0 Å². The Kier molecular flexibility index (Phi) is 3.82. The van der Waals surface area contributed by atoms with E-state index < -0.39 is 0 Å². The zero-order valence-corrected chi connectivity index (χ0v) is 11.2. The smallest absolute Gasteiger partial charge is 0.225 e. The number of amides is 1. The molecule has 0 aliphatic carbocycles. The molecule has 3 heterocycles. The summed E-state index contributed by atoms with van der Waals surface area (Å²) in [5.41, 5.74) is 0. The van der Waals surface area contributed by atoms with Crippen LogP contribution < -0.4 is 5.32 Å². The van der Waals surface area contributed by atoms with Crippen LogP contribution in [0.15, 0.2) is 12.4 Å². The molecule has 0 bridgehead atoms. The highest BCUT2D eigenvalue weighted by Gasteiger charge is 2.24. The van der Waals surface area contributed by atoms with Crippen LogP contribution in [-0.4, -0.2) is 35.2 Å². The van der Waals surface area contributed by atoms with E-state index in [1.165, 1.54) is 0 Å². The Hall–Kier alpha value is -1.36. The van der Waals surface area contributed by atoms with Crippen molar-refractivity contribution >= 4 is 5.91 Å². The average molecular weight is 263 g/mol. The van der Waals surface area contributed by atoms with Crippen molar-refractivity contribution < 1.29 is 9.53 Å². The Bertz CT molecular complexity index is 438. The summed E-state index contributed by atoms with van der Waals surface area (Å²) in [5.74, 6) is 1.88. The van der Waals surface area contributed by atoms with E-state index in [2.05, 4.69) is 14.9 Å². The SMILES string of the molecule is O=C(NCC1CCn2ccnc2C1)C1CCCOC1. The van der Waals surface area contributed by atoms with Crippen molar-refractivity contribution in [2.24, 2.45) is 11.8 Å². The first-order valence-electron chi connectivity index (χ1n) is 7.18. The maximum Gasteiger partial charge on any atom is 0.225 e. The standard InChI is InChI=1S/C14H21N3O2/c18-14(12-2-1-7-19-10-12)16-9-11-3-5-17-6-4-15-13(17)8-11/h4,6,11-12H,1-3,5,7-10H2,(H,16,18). The molecule has 19 heavy (non-hydrogen) atoms. The van der Waals surface area contributed by atoms with Gasteiger partial charge in [-0.1, -0.05) is 0 Å². The second-order valence-corrected chi connectivity index (χ2v) is 5.55. The molecule has 1 fully saturated rings. The van der Waals surface area contributed by atoms with Crippen molar-refractivity contribution in [2.75, 3.05) is 19.8 Å². The molecule has 1 aromatic rings. The van der Waals surface area contributed by atoms with Crippen molar-refractivity contribution in [2.45, 2.75) is 32.2 Å². The summed E-state index contributed by atoms with van der Waals surface area (Å²) in [6.45, 7) is 3.17. The number of hydrogen-bond acceptors (Lipinski definition) is 3. The number of imidazole rings is 1. The molecule has 3 rings (SSSR count). The molecule has 0 radical (unpaired) electrons. The summed E-state index contributed by atoms with van der Waals surface area (Å²) in [5, 5.41) is 3.09. The number of carbonyl (C=O) groups excluding carboxylic acids is 1. The summed E-state index contributed by atoms with van der Waals surface area (Å²) >= 11 is 0. The third kappa shape index (κ3) is 2.97. The fourth-order valence-corrected chi connectivity index (χ4v) is 2.93. The first-order valence-corrected chi connectivity index (χ1v) is 7.18. The van der Waals surface area contributed by atoms with Crippen LogP contribution in [0.25, 0.3) is 0 Å².